The highest BCUT2D eigenvalue weighted by molar-refractivity contribution is 6.14. The number of nitrogens with zero attached hydrogens (tertiary/aromatic N) is 1. The molecule has 0 aromatic heterocycles. The Morgan fingerprint density at radius 2 is 1.84 bits per heavy atom. The van der Waals surface area contributed by atoms with E-state index in [-0.39, 0.29) is 11.8 Å². The molecule has 1 heterocycles. The van der Waals surface area contributed by atoms with Gasteiger partial charge in [-0.05, 0) is 60.9 Å². The Kier molecular flexibility index (Phi) is 5.51. The Bertz CT molecular complexity index is 1140. The fraction of sp³-hybridized carbons (Fsp3) is 0.231. The smallest absolute Gasteiger partial charge is 0.259 e. The van der Waals surface area contributed by atoms with Crippen molar-refractivity contribution in [1.29, 1.82) is 0 Å². The molecule has 0 radical (unpaired) electrons. The number of methoxy groups -OCH3 is 1. The molecule has 3 aromatic rings. The van der Waals surface area contributed by atoms with E-state index in [4.69, 9.17) is 4.74 Å². The molecule has 0 bridgehead atoms. The molecule has 3 aromatic carbocycles. The predicted octanol–water partition coefficient (Wildman–Crippen LogP) is 4.28. The third-order valence-corrected chi connectivity index (χ3v) is 5.82. The Labute approximate surface area is 182 Å². The highest BCUT2D eigenvalue weighted by Crippen LogP contribution is 2.36. The van der Waals surface area contributed by atoms with Gasteiger partial charge in [0.15, 0.2) is 0 Å². The fourth-order valence-electron chi connectivity index (χ4n) is 4.18. The first-order valence-corrected chi connectivity index (χ1v) is 10.3. The highest BCUT2D eigenvalue weighted by atomic mass is 16.5. The Morgan fingerprint density at radius 3 is 2.61 bits per heavy atom. The van der Waals surface area contributed by atoms with Crippen molar-refractivity contribution in [1.82, 2.24) is 5.32 Å². The summed E-state index contributed by atoms with van der Waals surface area (Å²) in [6.07, 6.45) is 0.437. The summed E-state index contributed by atoms with van der Waals surface area (Å²) in [6, 6.07) is 22.8. The van der Waals surface area contributed by atoms with Crippen LogP contribution in [0, 0.1) is 6.92 Å². The van der Waals surface area contributed by atoms with Crippen molar-refractivity contribution in [2.75, 3.05) is 12.0 Å². The maximum Gasteiger partial charge on any atom is 0.259 e. The van der Waals surface area contributed by atoms with Gasteiger partial charge in [0, 0.05) is 24.2 Å². The lowest BCUT2D eigenvalue weighted by Crippen LogP contribution is -2.63. The lowest BCUT2D eigenvalue weighted by atomic mass is 9.82. The van der Waals surface area contributed by atoms with Crippen LogP contribution in [0.15, 0.2) is 72.8 Å². The average molecular weight is 415 g/mol. The third-order valence-electron chi connectivity index (χ3n) is 5.82. The van der Waals surface area contributed by atoms with Crippen LogP contribution in [0.2, 0.25) is 0 Å². The minimum Gasteiger partial charge on any atom is -0.497 e. The van der Waals surface area contributed by atoms with Gasteiger partial charge in [0.25, 0.3) is 5.91 Å². The summed E-state index contributed by atoms with van der Waals surface area (Å²) in [5.41, 5.74) is 3.15. The van der Waals surface area contributed by atoms with Crippen molar-refractivity contribution >= 4 is 17.5 Å². The molecule has 1 N–H and O–H groups in total. The van der Waals surface area contributed by atoms with Gasteiger partial charge in [-0.2, -0.15) is 0 Å². The molecule has 0 spiro atoms. The summed E-state index contributed by atoms with van der Waals surface area (Å²) < 4.78 is 5.27. The third kappa shape index (κ3) is 3.91. The highest BCUT2D eigenvalue weighted by Gasteiger charge is 2.47. The second-order valence-electron chi connectivity index (χ2n) is 8.12. The normalized spacial score (nSPS) is 17.8. The SMILES string of the molecule is COc1cccc(CNC(=O)[C@]2(C)Cc3ccccc3C(=O)N2c2cccc(C)c2)c1. The number of aryl methyl sites for hydroxylation is 1. The number of carbonyl (C=O) groups excluding carboxylic acids is 2. The van der Waals surface area contributed by atoms with Gasteiger partial charge in [-0.3, -0.25) is 14.5 Å². The number of amides is 2. The summed E-state index contributed by atoms with van der Waals surface area (Å²) in [5.74, 6) is 0.382. The number of carbonyl (C=O) groups is 2. The predicted molar refractivity (Wildman–Crippen MR) is 121 cm³/mol. The van der Waals surface area contributed by atoms with Crippen molar-refractivity contribution in [3.8, 4) is 5.75 Å². The zero-order valence-corrected chi connectivity index (χ0v) is 18.0. The number of fused-ring (bicyclic) bond motifs is 1. The summed E-state index contributed by atoms with van der Waals surface area (Å²) in [5, 5.41) is 3.04. The Morgan fingerprint density at radius 1 is 1.06 bits per heavy atom. The second kappa shape index (κ2) is 8.26. The van der Waals surface area contributed by atoms with Crippen LogP contribution in [0.1, 0.15) is 34.0 Å². The topological polar surface area (TPSA) is 58.6 Å². The molecule has 5 heteroatoms. The minimum atomic E-state index is -1.06. The lowest BCUT2D eigenvalue weighted by Gasteiger charge is -2.44. The van der Waals surface area contributed by atoms with Crippen LogP contribution < -0.4 is 15.0 Å². The average Bonchev–Trinajstić information content (AvgIpc) is 2.77. The maximum atomic E-state index is 13.5. The summed E-state index contributed by atoms with van der Waals surface area (Å²) in [4.78, 5) is 28.7. The summed E-state index contributed by atoms with van der Waals surface area (Å²) >= 11 is 0. The van der Waals surface area contributed by atoms with Crippen molar-refractivity contribution < 1.29 is 14.3 Å². The lowest BCUT2D eigenvalue weighted by molar-refractivity contribution is -0.126. The van der Waals surface area contributed by atoms with Crippen LogP contribution in [0.4, 0.5) is 5.69 Å². The van der Waals surface area contributed by atoms with E-state index in [0.29, 0.717) is 18.5 Å². The quantitative estimate of drug-likeness (QED) is 0.678. The fourth-order valence-corrected chi connectivity index (χ4v) is 4.18. The first-order chi connectivity index (χ1) is 14.9. The summed E-state index contributed by atoms with van der Waals surface area (Å²) in [6.45, 7) is 4.17. The van der Waals surface area contributed by atoms with Gasteiger partial charge >= 0.3 is 0 Å². The number of benzene rings is 3. The molecule has 0 aliphatic carbocycles. The van der Waals surface area contributed by atoms with Crippen LogP contribution in [0.25, 0.3) is 0 Å². The zero-order chi connectivity index (χ0) is 22.0. The van der Waals surface area contributed by atoms with E-state index in [9.17, 15) is 9.59 Å². The van der Waals surface area contributed by atoms with Crippen LogP contribution in [0.5, 0.6) is 5.75 Å². The number of hydrogen-bond donors (Lipinski definition) is 1. The van der Waals surface area contributed by atoms with Crippen molar-refractivity contribution in [2.24, 2.45) is 0 Å². The van der Waals surface area contributed by atoms with E-state index in [1.54, 1.807) is 12.0 Å². The molecule has 4 rings (SSSR count). The van der Waals surface area contributed by atoms with E-state index < -0.39 is 5.54 Å². The monoisotopic (exact) mass is 414 g/mol. The van der Waals surface area contributed by atoms with Crippen molar-refractivity contribution in [2.45, 2.75) is 32.4 Å². The van der Waals surface area contributed by atoms with Crippen LogP contribution in [-0.2, 0) is 17.8 Å². The van der Waals surface area contributed by atoms with Gasteiger partial charge in [0.2, 0.25) is 5.91 Å². The van der Waals surface area contributed by atoms with Crippen molar-refractivity contribution in [3.63, 3.8) is 0 Å². The Balaban J connectivity index is 1.69. The number of hydrogen-bond acceptors (Lipinski definition) is 3. The molecule has 0 saturated carbocycles. The molecule has 2 amide bonds. The molecule has 0 fully saturated rings. The Hall–Kier alpha value is -3.60. The van der Waals surface area contributed by atoms with Crippen LogP contribution >= 0.6 is 0 Å². The first-order valence-electron chi connectivity index (χ1n) is 10.3. The van der Waals surface area contributed by atoms with Crippen LogP contribution in [-0.4, -0.2) is 24.5 Å². The van der Waals surface area contributed by atoms with Gasteiger partial charge in [0.1, 0.15) is 11.3 Å². The minimum absolute atomic E-state index is 0.161. The van der Waals surface area contributed by atoms with E-state index in [0.717, 1.165) is 28.1 Å². The van der Waals surface area contributed by atoms with E-state index in [2.05, 4.69) is 5.32 Å². The van der Waals surface area contributed by atoms with Gasteiger partial charge in [0.05, 0.1) is 7.11 Å². The second-order valence-corrected chi connectivity index (χ2v) is 8.12. The molecular formula is C26H26N2O3. The number of nitrogens with one attached hydrogen (secondary N) is 1. The molecule has 1 aliphatic rings. The van der Waals surface area contributed by atoms with Crippen LogP contribution in [0.3, 0.4) is 0 Å². The molecule has 5 nitrogen and oxygen atoms in total. The molecule has 1 aliphatic heterocycles. The van der Waals surface area contributed by atoms with E-state index in [1.807, 2.05) is 86.6 Å². The van der Waals surface area contributed by atoms with Crippen molar-refractivity contribution in [3.05, 3.63) is 95.1 Å². The van der Waals surface area contributed by atoms with Gasteiger partial charge in [-0.25, -0.2) is 0 Å². The first kappa shape index (κ1) is 20.7. The van der Waals surface area contributed by atoms with Gasteiger partial charge in [-0.1, -0.05) is 42.5 Å². The van der Waals surface area contributed by atoms with Gasteiger partial charge in [-0.15, -0.1) is 0 Å². The largest absolute Gasteiger partial charge is 0.497 e. The molecule has 158 valence electrons. The number of rotatable bonds is 5. The number of anilines is 1. The van der Waals surface area contributed by atoms with E-state index in [1.165, 1.54) is 0 Å². The summed E-state index contributed by atoms with van der Waals surface area (Å²) in [7, 11) is 1.61. The molecule has 31 heavy (non-hydrogen) atoms. The molecule has 0 saturated heterocycles. The molecule has 1 atom stereocenters. The number of ether oxygens (including phenoxy) is 1. The standard InChI is InChI=1S/C26H26N2O3/c1-18-8-6-11-21(14-18)28-24(29)23-13-5-4-10-20(23)16-26(28,2)25(30)27-17-19-9-7-12-22(15-19)31-3/h4-15H,16-17H2,1-3H3,(H,27,30)/t26-/m0/s1. The molecular weight excluding hydrogens is 388 g/mol. The zero-order valence-electron chi connectivity index (χ0n) is 18.0. The maximum absolute atomic E-state index is 13.5. The van der Waals surface area contributed by atoms with Gasteiger partial charge < -0.3 is 10.1 Å². The van der Waals surface area contributed by atoms with E-state index >= 15 is 0 Å². The molecule has 0 unspecified atom stereocenters.